The summed E-state index contributed by atoms with van der Waals surface area (Å²) in [5.74, 6) is 0.573. The molecule has 2 heteroatoms. The Hall–Kier alpha value is -0.0800. The highest BCUT2D eigenvalue weighted by Gasteiger charge is 2.32. The van der Waals surface area contributed by atoms with Crippen LogP contribution in [-0.2, 0) is 4.74 Å². The van der Waals surface area contributed by atoms with Gasteiger partial charge >= 0.3 is 0 Å². The van der Waals surface area contributed by atoms with E-state index in [1.54, 1.807) is 0 Å². The molecule has 2 atom stereocenters. The summed E-state index contributed by atoms with van der Waals surface area (Å²) in [6.45, 7) is 8.52. The maximum atomic E-state index is 6.26. The van der Waals surface area contributed by atoms with E-state index in [0.29, 0.717) is 5.92 Å². The Morgan fingerprint density at radius 2 is 2.23 bits per heavy atom. The molecule has 1 heterocycles. The molecule has 1 aliphatic rings. The fourth-order valence-electron chi connectivity index (χ4n) is 1.92. The van der Waals surface area contributed by atoms with Gasteiger partial charge in [0.15, 0.2) is 0 Å². The van der Waals surface area contributed by atoms with Gasteiger partial charge in [-0.3, -0.25) is 0 Å². The minimum atomic E-state index is 0.255. The van der Waals surface area contributed by atoms with Crippen molar-refractivity contribution in [1.82, 2.24) is 0 Å². The Morgan fingerprint density at radius 3 is 2.69 bits per heavy atom. The van der Waals surface area contributed by atoms with Crippen LogP contribution >= 0.6 is 0 Å². The molecule has 2 N–H and O–H groups in total. The van der Waals surface area contributed by atoms with Crippen LogP contribution in [0.15, 0.2) is 0 Å². The maximum Gasteiger partial charge on any atom is 0.0509 e. The molecule has 0 spiro atoms. The fourth-order valence-corrected chi connectivity index (χ4v) is 1.92. The Bertz CT molecular complexity index is 150. The van der Waals surface area contributed by atoms with E-state index in [1.807, 2.05) is 0 Å². The molecule has 0 saturated carbocycles. The van der Waals surface area contributed by atoms with Crippen molar-refractivity contribution in [2.24, 2.45) is 17.1 Å². The molecule has 2 nitrogen and oxygen atoms in total. The van der Waals surface area contributed by atoms with E-state index in [0.717, 1.165) is 19.6 Å². The first-order valence-electron chi connectivity index (χ1n) is 5.41. The number of nitrogens with two attached hydrogens (primary N) is 1. The molecule has 0 aliphatic carbocycles. The third-order valence-electron chi connectivity index (χ3n) is 3.52. The second-order valence-electron chi connectivity index (χ2n) is 4.85. The second-order valence-corrected chi connectivity index (χ2v) is 4.85. The van der Waals surface area contributed by atoms with Gasteiger partial charge in [-0.25, -0.2) is 0 Å². The van der Waals surface area contributed by atoms with Gasteiger partial charge < -0.3 is 10.5 Å². The Balaban J connectivity index is 2.49. The van der Waals surface area contributed by atoms with Crippen LogP contribution in [-0.4, -0.2) is 19.3 Å². The number of ether oxygens (including phenoxy) is 1. The highest BCUT2D eigenvalue weighted by molar-refractivity contribution is 4.86. The average Bonchev–Trinajstić information content (AvgIpc) is 2.18. The maximum absolute atomic E-state index is 6.26. The summed E-state index contributed by atoms with van der Waals surface area (Å²) in [5.41, 5.74) is 6.51. The van der Waals surface area contributed by atoms with Crippen LogP contribution in [0.2, 0.25) is 0 Å². The zero-order valence-corrected chi connectivity index (χ0v) is 9.18. The van der Waals surface area contributed by atoms with E-state index < -0.39 is 0 Å². The van der Waals surface area contributed by atoms with E-state index in [4.69, 9.17) is 10.5 Å². The summed E-state index contributed by atoms with van der Waals surface area (Å²) in [5, 5.41) is 0. The van der Waals surface area contributed by atoms with E-state index in [-0.39, 0.29) is 11.5 Å². The van der Waals surface area contributed by atoms with E-state index in [9.17, 15) is 0 Å². The minimum absolute atomic E-state index is 0.255. The number of hydrogen-bond donors (Lipinski definition) is 1. The lowest BCUT2D eigenvalue weighted by Crippen LogP contribution is -2.46. The first kappa shape index (κ1) is 11.0. The van der Waals surface area contributed by atoms with Crippen molar-refractivity contribution in [3.63, 3.8) is 0 Å². The van der Waals surface area contributed by atoms with Crippen molar-refractivity contribution in [2.45, 2.75) is 46.1 Å². The standard InChI is InChI=1S/C11H23NO/c1-4-11(2,3)10(12)9-6-5-7-13-8-9/h9-10H,4-8,12H2,1-3H3. The van der Waals surface area contributed by atoms with Crippen molar-refractivity contribution >= 4 is 0 Å². The van der Waals surface area contributed by atoms with Crippen LogP contribution in [0, 0.1) is 11.3 Å². The van der Waals surface area contributed by atoms with Crippen molar-refractivity contribution in [1.29, 1.82) is 0 Å². The topological polar surface area (TPSA) is 35.2 Å². The van der Waals surface area contributed by atoms with Gasteiger partial charge in [-0.05, 0) is 30.6 Å². The van der Waals surface area contributed by atoms with Gasteiger partial charge in [0, 0.05) is 12.6 Å². The molecule has 1 fully saturated rings. The first-order chi connectivity index (χ1) is 6.08. The molecule has 2 unspecified atom stereocenters. The summed E-state index contributed by atoms with van der Waals surface area (Å²) in [6.07, 6.45) is 3.56. The van der Waals surface area contributed by atoms with Gasteiger partial charge in [-0.2, -0.15) is 0 Å². The third kappa shape index (κ3) is 2.68. The fraction of sp³-hybridized carbons (Fsp3) is 1.00. The summed E-state index contributed by atoms with van der Waals surface area (Å²) in [6, 6.07) is 0.290. The van der Waals surface area contributed by atoms with E-state index >= 15 is 0 Å². The van der Waals surface area contributed by atoms with Crippen LogP contribution in [0.5, 0.6) is 0 Å². The Labute approximate surface area is 81.8 Å². The molecular formula is C11H23NO. The predicted molar refractivity (Wildman–Crippen MR) is 55.6 cm³/mol. The molecular weight excluding hydrogens is 162 g/mol. The monoisotopic (exact) mass is 185 g/mol. The zero-order chi connectivity index (χ0) is 9.90. The molecule has 1 aliphatic heterocycles. The lowest BCUT2D eigenvalue weighted by atomic mass is 9.74. The highest BCUT2D eigenvalue weighted by Crippen LogP contribution is 2.31. The molecule has 0 bridgehead atoms. The Morgan fingerprint density at radius 1 is 1.54 bits per heavy atom. The largest absolute Gasteiger partial charge is 0.381 e. The lowest BCUT2D eigenvalue weighted by molar-refractivity contribution is 0.0239. The summed E-state index contributed by atoms with van der Waals surface area (Å²) < 4.78 is 5.46. The molecule has 0 aromatic carbocycles. The minimum Gasteiger partial charge on any atom is -0.381 e. The third-order valence-corrected chi connectivity index (χ3v) is 3.52. The van der Waals surface area contributed by atoms with Crippen LogP contribution in [0.1, 0.15) is 40.0 Å². The molecule has 0 radical (unpaired) electrons. The molecule has 0 aromatic rings. The van der Waals surface area contributed by atoms with Crippen LogP contribution < -0.4 is 5.73 Å². The number of hydrogen-bond acceptors (Lipinski definition) is 2. The normalized spacial score (nSPS) is 27.2. The molecule has 0 amide bonds. The van der Waals surface area contributed by atoms with Gasteiger partial charge in [0.1, 0.15) is 0 Å². The molecule has 0 aromatic heterocycles. The Kier molecular flexibility index (Phi) is 3.74. The van der Waals surface area contributed by atoms with Crippen LogP contribution in [0.25, 0.3) is 0 Å². The van der Waals surface area contributed by atoms with Gasteiger partial charge in [-0.15, -0.1) is 0 Å². The quantitative estimate of drug-likeness (QED) is 0.731. The van der Waals surface area contributed by atoms with Crippen molar-refractivity contribution in [3.8, 4) is 0 Å². The predicted octanol–water partition coefficient (Wildman–Crippen LogP) is 2.18. The highest BCUT2D eigenvalue weighted by atomic mass is 16.5. The molecule has 13 heavy (non-hydrogen) atoms. The molecule has 1 saturated heterocycles. The average molecular weight is 185 g/mol. The van der Waals surface area contributed by atoms with Gasteiger partial charge in [0.25, 0.3) is 0 Å². The smallest absolute Gasteiger partial charge is 0.0509 e. The van der Waals surface area contributed by atoms with Crippen LogP contribution in [0.3, 0.4) is 0 Å². The second kappa shape index (κ2) is 4.43. The summed E-state index contributed by atoms with van der Waals surface area (Å²) >= 11 is 0. The number of rotatable bonds is 3. The van der Waals surface area contributed by atoms with E-state index in [1.165, 1.54) is 12.8 Å². The van der Waals surface area contributed by atoms with Crippen molar-refractivity contribution in [3.05, 3.63) is 0 Å². The zero-order valence-electron chi connectivity index (χ0n) is 9.18. The van der Waals surface area contributed by atoms with Gasteiger partial charge in [0.05, 0.1) is 6.61 Å². The van der Waals surface area contributed by atoms with Gasteiger partial charge in [-0.1, -0.05) is 20.8 Å². The summed E-state index contributed by atoms with van der Waals surface area (Å²) in [4.78, 5) is 0. The molecule has 1 rings (SSSR count). The summed E-state index contributed by atoms with van der Waals surface area (Å²) in [7, 11) is 0. The lowest BCUT2D eigenvalue weighted by Gasteiger charge is -2.38. The van der Waals surface area contributed by atoms with Crippen LogP contribution in [0.4, 0.5) is 0 Å². The van der Waals surface area contributed by atoms with Gasteiger partial charge in [0.2, 0.25) is 0 Å². The van der Waals surface area contributed by atoms with E-state index in [2.05, 4.69) is 20.8 Å². The van der Waals surface area contributed by atoms with Crippen molar-refractivity contribution in [2.75, 3.05) is 13.2 Å². The SMILES string of the molecule is CCC(C)(C)C(N)C1CCCOC1. The van der Waals surface area contributed by atoms with Crippen molar-refractivity contribution < 1.29 is 4.74 Å². The first-order valence-corrected chi connectivity index (χ1v) is 5.41. The molecule has 78 valence electrons.